The van der Waals surface area contributed by atoms with Crippen molar-refractivity contribution >= 4 is 17.7 Å². The zero-order chi connectivity index (χ0) is 17.5. The molecule has 1 N–H and O–H groups in total. The summed E-state index contributed by atoms with van der Waals surface area (Å²) in [5.41, 5.74) is 0.927. The third-order valence-electron chi connectivity index (χ3n) is 4.55. The van der Waals surface area contributed by atoms with Gasteiger partial charge in [-0.25, -0.2) is 0 Å². The average molecular weight is 359 g/mol. The topological polar surface area (TPSA) is 72.7 Å². The van der Waals surface area contributed by atoms with E-state index in [0.29, 0.717) is 12.5 Å². The average Bonchev–Trinajstić information content (AvgIpc) is 3.11. The first-order valence-electron chi connectivity index (χ1n) is 9.06. The molecule has 1 saturated carbocycles. The van der Waals surface area contributed by atoms with Crippen LogP contribution >= 0.6 is 11.8 Å². The van der Waals surface area contributed by atoms with Crippen molar-refractivity contribution in [2.45, 2.75) is 68.3 Å². The van der Waals surface area contributed by atoms with E-state index in [2.05, 4.69) is 27.8 Å². The zero-order valence-electron chi connectivity index (χ0n) is 14.6. The summed E-state index contributed by atoms with van der Waals surface area (Å²) >= 11 is 1.57. The number of aromatic nitrogens is 4. The quantitative estimate of drug-likeness (QED) is 0.767. The van der Waals surface area contributed by atoms with Gasteiger partial charge < -0.3 is 5.32 Å². The number of nitrogens with zero attached hydrogens (tertiary/aromatic N) is 4. The van der Waals surface area contributed by atoms with Gasteiger partial charge in [-0.05, 0) is 41.8 Å². The van der Waals surface area contributed by atoms with Gasteiger partial charge in [-0.3, -0.25) is 4.79 Å². The standard InChI is InChI=1S/C18H25N5OS/c1-2-16(13-17(24)19-14-9-5-3-6-10-14)25-18-20-21-22-23(18)15-11-7-4-8-12-15/h4,7-8,11-12,14,16H,2-3,5-6,9-10,13H2,1H3,(H,19,24). The number of thioether (sulfide) groups is 1. The molecule has 25 heavy (non-hydrogen) atoms. The number of carbonyl (C=O) groups is 1. The summed E-state index contributed by atoms with van der Waals surface area (Å²) in [6, 6.07) is 10.2. The van der Waals surface area contributed by atoms with Gasteiger partial charge in [-0.1, -0.05) is 56.1 Å². The minimum Gasteiger partial charge on any atom is -0.353 e. The first kappa shape index (κ1) is 17.9. The molecule has 1 heterocycles. The lowest BCUT2D eigenvalue weighted by Gasteiger charge is -2.23. The fourth-order valence-electron chi connectivity index (χ4n) is 3.14. The van der Waals surface area contributed by atoms with Crippen molar-refractivity contribution in [1.82, 2.24) is 25.5 Å². The van der Waals surface area contributed by atoms with Crippen LogP contribution in [0.25, 0.3) is 5.69 Å². The highest BCUT2D eigenvalue weighted by Gasteiger charge is 2.21. The van der Waals surface area contributed by atoms with Gasteiger partial charge in [0.05, 0.1) is 5.69 Å². The second kappa shape index (κ2) is 8.99. The van der Waals surface area contributed by atoms with Crippen molar-refractivity contribution in [3.05, 3.63) is 30.3 Å². The molecule has 0 aliphatic heterocycles. The van der Waals surface area contributed by atoms with Gasteiger partial charge in [0.1, 0.15) is 0 Å². The highest BCUT2D eigenvalue weighted by atomic mass is 32.2. The number of hydrogen-bond acceptors (Lipinski definition) is 5. The van der Waals surface area contributed by atoms with Gasteiger partial charge >= 0.3 is 0 Å². The third-order valence-corrected chi connectivity index (χ3v) is 5.85. The lowest BCUT2D eigenvalue weighted by Crippen LogP contribution is -2.37. The summed E-state index contributed by atoms with van der Waals surface area (Å²) in [5.74, 6) is 0.144. The SMILES string of the molecule is CCC(CC(=O)NC1CCCCC1)Sc1nnnn1-c1ccccc1. The number of nitrogens with one attached hydrogen (secondary N) is 1. The molecule has 2 aromatic rings. The maximum absolute atomic E-state index is 12.4. The number of carbonyl (C=O) groups excluding carboxylic acids is 1. The van der Waals surface area contributed by atoms with Crippen LogP contribution in [0, 0.1) is 0 Å². The summed E-state index contributed by atoms with van der Waals surface area (Å²) in [6.07, 6.45) is 7.36. The maximum atomic E-state index is 12.4. The molecule has 1 aliphatic carbocycles. The fourth-order valence-corrected chi connectivity index (χ4v) is 4.17. The normalized spacial score (nSPS) is 16.5. The van der Waals surface area contributed by atoms with Crippen molar-refractivity contribution in [2.24, 2.45) is 0 Å². The van der Waals surface area contributed by atoms with Crippen molar-refractivity contribution in [2.75, 3.05) is 0 Å². The summed E-state index contributed by atoms with van der Waals surface area (Å²) in [5, 5.41) is 16.1. The Balaban J connectivity index is 1.59. The molecule has 0 bridgehead atoms. The van der Waals surface area contributed by atoms with Crippen LogP contribution in [0.2, 0.25) is 0 Å². The Labute approximate surface area is 152 Å². The number of hydrogen-bond donors (Lipinski definition) is 1. The highest BCUT2D eigenvalue weighted by molar-refractivity contribution is 7.99. The molecule has 0 spiro atoms. The van der Waals surface area contributed by atoms with Gasteiger partial charge in [0.25, 0.3) is 0 Å². The Morgan fingerprint density at radius 1 is 1.28 bits per heavy atom. The van der Waals surface area contributed by atoms with Gasteiger partial charge in [-0.2, -0.15) is 4.68 Å². The van der Waals surface area contributed by atoms with Gasteiger partial charge in [-0.15, -0.1) is 5.10 Å². The van der Waals surface area contributed by atoms with Gasteiger partial charge in [0, 0.05) is 17.7 Å². The Hall–Kier alpha value is -1.89. The van der Waals surface area contributed by atoms with Gasteiger partial charge in [0.15, 0.2) is 0 Å². The number of tetrazole rings is 1. The predicted molar refractivity (Wildman–Crippen MR) is 98.7 cm³/mol. The smallest absolute Gasteiger partial charge is 0.221 e. The molecule has 3 rings (SSSR count). The predicted octanol–water partition coefficient (Wildman–Crippen LogP) is 3.37. The van der Waals surface area contributed by atoms with E-state index in [1.807, 2.05) is 30.3 Å². The van der Waals surface area contributed by atoms with Crippen LogP contribution in [0.15, 0.2) is 35.5 Å². The summed E-state index contributed by atoms with van der Waals surface area (Å²) < 4.78 is 1.73. The molecular formula is C18H25N5OS. The van der Waals surface area contributed by atoms with E-state index in [1.54, 1.807) is 16.4 Å². The molecule has 0 radical (unpaired) electrons. The number of amides is 1. The van der Waals surface area contributed by atoms with E-state index in [0.717, 1.165) is 30.1 Å². The fraction of sp³-hybridized carbons (Fsp3) is 0.556. The molecule has 1 aromatic heterocycles. The van der Waals surface area contributed by atoms with E-state index in [-0.39, 0.29) is 11.2 Å². The van der Waals surface area contributed by atoms with Crippen LogP contribution < -0.4 is 5.32 Å². The van der Waals surface area contributed by atoms with E-state index >= 15 is 0 Å². The second-order valence-electron chi connectivity index (χ2n) is 6.46. The summed E-state index contributed by atoms with van der Waals surface area (Å²) in [4.78, 5) is 12.4. The van der Waals surface area contributed by atoms with Crippen LogP contribution in [-0.2, 0) is 4.79 Å². The molecule has 134 valence electrons. The van der Waals surface area contributed by atoms with Crippen molar-refractivity contribution in [1.29, 1.82) is 0 Å². The molecule has 0 saturated heterocycles. The Morgan fingerprint density at radius 3 is 2.76 bits per heavy atom. The van der Waals surface area contributed by atoms with Crippen LogP contribution in [0.3, 0.4) is 0 Å². The molecule has 1 amide bonds. The monoisotopic (exact) mass is 359 g/mol. The van der Waals surface area contributed by atoms with Crippen LogP contribution in [0.5, 0.6) is 0 Å². The summed E-state index contributed by atoms with van der Waals surface area (Å²) in [6.45, 7) is 2.10. The van der Waals surface area contributed by atoms with E-state index in [4.69, 9.17) is 0 Å². The number of benzene rings is 1. The molecule has 1 unspecified atom stereocenters. The molecule has 1 fully saturated rings. The number of rotatable bonds is 7. The zero-order valence-corrected chi connectivity index (χ0v) is 15.4. The molecular weight excluding hydrogens is 334 g/mol. The molecule has 7 heteroatoms. The summed E-state index contributed by atoms with van der Waals surface area (Å²) in [7, 11) is 0. The van der Waals surface area contributed by atoms with E-state index in [9.17, 15) is 4.79 Å². The maximum Gasteiger partial charge on any atom is 0.221 e. The van der Waals surface area contributed by atoms with Crippen LogP contribution in [0.4, 0.5) is 0 Å². The minimum absolute atomic E-state index is 0.144. The Morgan fingerprint density at radius 2 is 2.04 bits per heavy atom. The Bertz CT molecular complexity index is 669. The highest BCUT2D eigenvalue weighted by Crippen LogP contribution is 2.27. The molecule has 6 nitrogen and oxygen atoms in total. The lowest BCUT2D eigenvalue weighted by atomic mass is 9.95. The van der Waals surface area contributed by atoms with Crippen molar-refractivity contribution in [3.63, 3.8) is 0 Å². The first-order valence-corrected chi connectivity index (χ1v) is 9.94. The second-order valence-corrected chi connectivity index (χ2v) is 7.73. The van der Waals surface area contributed by atoms with E-state index < -0.39 is 0 Å². The molecule has 1 aromatic carbocycles. The third kappa shape index (κ3) is 5.04. The van der Waals surface area contributed by atoms with Crippen LogP contribution in [-0.4, -0.2) is 37.4 Å². The lowest BCUT2D eigenvalue weighted by molar-refractivity contribution is -0.122. The van der Waals surface area contributed by atoms with Crippen molar-refractivity contribution < 1.29 is 4.79 Å². The Kier molecular flexibility index (Phi) is 6.44. The van der Waals surface area contributed by atoms with Crippen LogP contribution in [0.1, 0.15) is 51.9 Å². The van der Waals surface area contributed by atoms with E-state index in [1.165, 1.54) is 19.3 Å². The molecule has 1 atom stereocenters. The first-order chi connectivity index (χ1) is 12.3. The molecule has 1 aliphatic rings. The number of para-hydroxylation sites is 1. The van der Waals surface area contributed by atoms with Gasteiger partial charge in [0.2, 0.25) is 11.1 Å². The minimum atomic E-state index is 0.144. The van der Waals surface area contributed by atoms with Crippen molar-refractivity contribution in [3.8, 4) is 5.69 Å². The largest absolute Gasteiger partial charge is 0.353 e.